The number of hydrogen-bond donors (Lipinski definition) is 1. The minimum absolute atomic E-state index is 0.0344. The van der Waals surface area contributed by atoms with Crippen molar-refractivity contribution in [2.24, 2.45) is 5.73 Å². The molecule has 3 heteroatoms. The largest absolute Gasteiger partial charge is 0.454 e. The molecule has 0 saturated heterocycles. The van der Waals surface area contributed by atoms with E-state index in [1.54, 1.807) is 25.1 Å². The van der Waals surface area contributed by atoms with Crippen molar-refractivity contribution in [1.82, 2.24) is 0 Å². The van der Waals surface area contributed by atoms with Gasteiger partial charge in [0.25, 0.3) is 0 Å². The molecule has 2 N–H and O–H groups in total. The van der Waals surface area contributed by atoms with E-state index in [0.717, 1.165) is 5.56 Å². The minimum Gasteiger partial charge on any atom is -0.454 e. The first kappa shape index (κ1) is 13.6. The topological polar surface area (TPSA) is 35.2 Å². The van der Waals surface area contributed by atoms with E-state index < -0.39 is 0 Å². The predicted octanol–water partition coefficient (Wildman–Crippen LogP) is 3.82. The Morgan fingerprint density at radius 1 is 1.11 bits per heavy atom. The van der Waals surface area contributed by atoms with E-state index in [9.17, 15) is 4.39 Å². The molecule has 19 heavy (non-hydrogen) atoms. The fraction of sp³-hybridized carbons (Fsp3) is 0.250. The number of hydrogen-bond acceptors (Lipinski definition) is 2. The van der Waals surface area contributed by atoms with Crippen LogP contribution in [0, 0.1) is 12.7 Å². The molecule has 0 aliphatic carbocycles. The summed E-state index contributed by atoms with van der Waals surface area (Å²) in [6.45, 7) is 3.65. The maximum absolute atomic E-state index is 13.9. The van der Waals surface area contributed by atoms with Gasteiger partial charge in [-0.25, -0.2) is 4.39 Å². The molecule has 2 rings (SSSR count). The molecule has 100 valence electrons. The third-order valence-electron chi connectivity index (χ3n) is 2.89. The molecule has 0 aliphatic heterocycles. The highest BCUT2D eigenvalue weighted by Gasteiger charge is 2.10. The number of benzene rings is 2. The summed E-state index contributed by atoms with van der Waals surface area (Å²) in [5.74, 6) is 0.583. The van der Waals surface area contributed by atoms with Gasteiger partial charge in [-0.15, -0.1) is 0 Å². The predicted molar refractivity (Wildman–Crippen MR) is 75.0 cm³/mol. The van der Waals surface area contributed by atoms with Crippen molar-refractivity contribution in [2.75, 3.05) is 0 Å². The summed E-state index contributed by atoms with van der Waals surface area (Å²) in [4.78, 5) is 0. The highest BCUT2D eigenvalue weighted by Crippen LogP contribution is 2.29. The molecule has 0 spiro atoms. The van der Waals surface area contributed by atoms with E-state index in [-0.39, 0.29) is 17.6 Å². The Labute approximate surface area is 113 Å². The van der Waals surface area contributed by atoms with Crippen molar-refractivity contribution in [3.8, 4) is 11.5 Å². The van der Waals surface area contributed by atoms with E-state index in [0.29, 0.717) is 17.7 Å². The minimum atomic E-state index is -0.321. The number of para-hydroxylation sites is 1. The van der Waals surface area contributed by atoms with Crippen LogP contribution >= 0.6 is 0 Å². The third kappa shape index (κ3) is 3.32. The lowest BCUT2D eigenvalue weighted by Gasteiger charge is -2.13. The van der Waals surface area contributed by atoms with E-state index in [4.69, 9.17) is 10.5 Å². The van der Waals surface area contributed by atoms with Crippen molar-refractivity contribution < 1.29 is 9.13 Å². The molecule has 2 aromatic carbocycles. The number of nitrogens with two attached hydrogens (primary N) is 1. The van der Waals surface area contributed by atoms with Crippen LogP contribution in [0.1, 0.15) is 18.1 Å². The van der Waals surface area contributed by atoms with Crippen LogP contribution in [-0.4, -0.2) is 6.04 Å². The molecule has 0 radical (unpaired) electrons. The molecular weight excluding hydrogens is 241 g/mol. The first-order valence-corrected chi connectivity index (χ1v) is 6.34. The molecule has 0 aliphatic rings. The summed E-state index contributed by atoms with van der Waals surface area (Å²) in [5, 5.41) is 0. The van der Waals surface area contributed by atoms with Gasteiger partial charge in [0.1, 0.15) is 5.75 Å². The zero-order valence-corrected chi connectivity index (χ0v) is 11.2. The van der Waals surface area contributed by atoms with E-state index in [1.807, 2.05) is 31.2 Å². The van der Waals surface area contributed by atoms with Gasteiger partial charge in [-0.3, -0.25) is 0 Å². The summed E-state index contributed by atoms with van der Waals surface area (Å²) in [6.07, 6.45) is 0.698. The van der Waals surface area contributed by atoms with Gasteiger partial charge in [-0.05, 0) is 43.5 Å². The normalized spacial score (nSPS) is 12.2. The van der Waals surface area contributed by atoms with Crippen LogP contribution in [-0.2, 0) is 6.42 Å². The first-order valence-electron chi connectivity index (χ1n) is 6.34. The van der Waals surface area contributed by atoms with Gasteiger partial charge in [0.2, 0.25) is 0 Å². The van der Waals surface area contributed by atoms with Gasteiger partial charge in [0.15, 0.2) is 11.6 Å². The van der Waals surface area contributed by atoms with Crippen LogP contribution < -0.4 is 10.5 Å². The Balaban J connectivity index is 2.30. The summed E-state index contributed by atoms with van der Waals surface area (Å²) < 4.78 is 19.6. The molecule has 2 aromatic rings. The molecule has 0 saturated carbocycles. The van der Waals surface area contributed by atoms with E-state index in [1.165, 1.54) is 0 Å². The quantitative estimate of drug-likeness (QED) is 0.906. The van der Waals surface area contributed by atoms with Crippen LogP contribution in [0.25, 0.3) is 0 Å². The zero-order valence-electron chi connectivity index (χ0n) is 11.2. The van der Waals surface area contributed by atoms with Gasteiger partial charge < -0.3 is 10.5 Å². The second kappa shape index (κ2) is 5.85. The second-order valence-corrected chi connectivity index (χ2v) is 4.78. The van der Waals surface area contributed by atoms with Crippen molar-refractivity contribution in [3.63, 3.8) is 0 Å². The summed E-state index contributed by atoms with van der Waals surface area (Å²) in [5.41, 5.74) is 7.37. The van der Waals surface area contributed by atoms with Crippen molar-refractivity contribution in [1.29, 1.82) is 0 Å². The molecule has 0 heterocycles. The molecular formula is C16H18FNO. The average Bonchev–Trinajstić information content (AvgIpc) is 2.36. The number of ether oxygens (including phenoxy) is 1. The monoisotopic (exact) mass is 259 g/mol. The molecule has 0 amide bonds. The Kier molecular flexibility index (Phi) is 4.17. The average molecular weight is 259 g/mol. The van der Waals surface area contributed by atoms with Gasteiger partial charge in [-0.2, -0.15) is 0 Å². The Morgan fingerprint density at radius 3 is 2.53 bits per heavy atom. The van der Waals surface area contributed by atoms with Crippen LogP contribution in [0.2, 0.25) is 0 Å². The highest BCUT2D eigenvalue weighted by atomic mass is 19.1. The van der Waals surface area contributed by atoms with Crippen molar-refractivity contribution >= 4 is 0 Å². The SMILES string of the molecule is Cc1cccc(Oc2ccccc2CC(C)N)c1F. The first-order chi connectivity index (χ1) is 9.08. The molecule has 0 bridgehead atoms. The van der Waals surface area contributed by atoms with E-state index in [2.05, 4.69) is 0 Å². The molecule has 2 nitrogen and oxygen atoms in total. The smallest absolute Gasteiger partial charge is 0.168 e. The highest BCUT2D eigenvalue weighted by molar-refractivity contribution is 5.40. The lowest BCUT2D eigenvalue weighted by molar-refractivity contribution is 0.434. The standard InChI is InChI=1S/C16H18FNO/c1-11-6-5-9-15(16(11)17)19-14-8-4-3-7-13(14)10-12(2)18/h3-9,12H,10,18H2,1-2H3. The Hall–Kier alpha value is -1.87. The Morgan fingerprint density at radius 2 is 1.79 bits per heavy atom. The maximum Gasteiger partial charge on any atom is 0.168 e. The Bertz CT molecular complexity index is 566. The summed E-state index contributed by atoms with van der Waals surface area (Å²) >= 11 is 0. The van der Waals surface area contributed by atoms with Crippen molar-refractivity contribution in [2.45, 2.75) is 26.3 Å². The molecule has 0 fully saturated rings. The van der Waals surface area contributed by atoms with Crippen LogP contribution in [0.5, 0.6) is 11.5 Å². The van der Waals surface area contributed by atoms with E-state index >= 15 is 0 Å². The van der Waals surface area contributed by atoms with Gasteiger partial charge in [0.05, 0.1) is 0 Å². The van der Waals surface area contributed by atoms with Crippen LogP contribution in [0.15, 0.2) is 42.5 Å². The maximum atomic E-state index is 13.9. The van der Waals surface area contributed by atoms with Crippen LogP contribution in [0.4, 0.5) is 4.39 Å². The fourth-order valence-corrected chi connectivity index (χ4v) is 1.94. The number of aryl methyl sites for hydroxylation is 1. The second-order valence-electron chi connectivity index (χ2n) is 4.78. The third-order valence-corrected chi connectivity index (χ3v) is 2.89. The fourth-order valence-electron chi connectivity index (χ4n) is 1.94. The summed E-state index contributed by atoms with van der Waals surface area (Å²) in [6, 6.07) is 12.7. The lowest BCUT2D eigenvalue weighted by Crippen LogP contribution is -2.18. The molecule has 1 atom stereocenters. The van der Waals surface area contributed by atoms with Gasteiger partial charge in [0, 0.05) is 6.04 Å². The van der Waals surface area contributed by atoms with Crippen LogP contribution in [0.3, 0.4) is 0 Å². The molecule has 1 unspecified atom stereocenters. The number of halogens is 1. The lowest BCUT2D eigenvalue weighted by atomic mass is 10.1. The zero-order chi connectivity index (χ0) is 13.8. The van der Waals surface area contributed by atoms with Gasteiger partial charge >= 0.3 is 0 Å². The van der Waals surface area contributed by atoms with Crippen molar-refractivity contribution in [3.05, 3.63) is 59.4 Å². The summed E-state index contributed by atoms with van der Waals surface area (Å²) in [7, 11) is 0. The number of rotatable bonds is 4. The molecule has 0 aromatic heterocycles. The van der Waals surface area contributed by atoms with Gasteiger partial charge in [-0.1, -0.05) is 30.3 Å².